The number of anilines is 1. The van der Waals surface area contributed by atoms with E-state index < -0.39 is 6.09 Å². The Balaban J connectivity index is 2.58. The van der Waals surface area contributed by atoms with Crippen molar-refractivity contribution in [3.05, 3.63) is 23.5 Å². The van der Waals surface area contributed by atoms with Crippen molar-refractivity contribution in [1.82, 2.24) is 4.98 Å². The van der Waals surface area contributed by atoms with Crippen LogP contribution in [0.4, 0.5) is 10.5 Å². The monoisotopic (exact) mass is 200 g/mol. The van der Waals surface area contributed by atoms with Crippen LogP contribution in [-0.2, 0) is 4.74 Å². The van der Waals surface area contributed by atoms with Crippen molar-refractivity contribution in [3.8, 4) is 0 Å². The second kappa shape index (κ2) is 4.67. The lowest BCUT2D eigenvalue weighted by Crippen LogP contribution is -2.13. The number of carbonyl (C=O) groups is 1. The van der Waals surface area contributed by atoms with Gasteiger partial charge in [-0.25, -0.2) is 4.79 Å². The third-order valence-corrected chi connectivity index (χ3v) is 1.43. The molecule has 1 rings (SSSR count). The van der Waals surface area contributed by atoms with Gasteiger partial charge in [0.1, 0.15) is 0 Å². The molecule has 13 heavy (non-hydrogen) atoms. The van der Waals surface area contributed by atoms with Gasteiger partial charge in [-0.1, -0.05) is 11.6 Å². The summed E-state index contributed by atoms with van der Waals surface area (Å²) in [5.74, 6) is 0. The van der Waals surface area contributed by atoms with Gasteiger partial charge in [0.25, 0.3) is 0 Å². The van der Waals surface area contributed by atoms with Crippen LogP contribution in [0, 0.1) is 0 Å². The van der Waals surface area contributed by atoms with Crippen molar-refractivity contribution >= 4 is 23.4 Å². The third kappa shape index (κ3) is 3.29. The highest BCUT2D eigenvalue weighted by Crippen LogP contribution is 2.12. The van der Waals surface area contributed by atoms with Crippen LogP contribution in [0.3, 0.4) is 0 Å². The standard InChI is InChI=1S/C8H9ClN2O2/c1-2-13-8(12)11-7-3-6(9)4-10-5-7/h3-5H,2H2,1H3,(H,11,12). The van der Waals surface area contributed by atoms with Crippen molar-refractivity contribution in [2.45, 2.75) is 6.92 Å². The van der Waals surface area contributed by atoms with Crippen molar-refractivity contribution in [3.63, 3.8) is 0 Å². The smallest absolute Gasteiger partial charge is 0.411 e. The van der Waals surface area contributed by atoms with Gasteiger partial charge >= 0.3 is 6.09 Å². The van der Waals surface area contributed by atoms with Crippen LogP contribution in [0.1, 0.15) is 6.92 Å². The molecule has 70 valence electrons. The van der Waals surface area contributed by atoms with E-state index in [-0.39, 0.29) is 0 Å². The largest absolute Gasteiger partial charge is 0.450 e. The number of carbonyl (C=O) groups excluding carboxylic acids is 1. The summed E-state index contributed by atoms with van der Waals surface area (Å²) in [6.45, 7) is 2.07. The van der Waals surface area contributed by atoms with Gasteiger partial charge < -0.3 is 4.74 Å². The molecule has 0 bridgehead atoms. The molecule has 0 radical (unpaired) electrons. The maximum atomic E-state index is 10.9. The minimum atomic E-state index is -0.508. The van der Waals surface area contributed by atoms with Crippen LogP contribution < -0.4 is 5.32 Å². The summed E-state index contributed by atoms with van der Waals surface area (Å²) < 4.78 is 4.66. The molecular weight excluding hydrogens is 192 g/mol. The normalized spacial score (nSPS) is 9.38. The maximum Gasteiger partial charge on any atom is 0.411 e. The average molecular weight is 201 g/mol. The Morgan fingerprint density at radius 2 is 2.46 bits per heavy atom. The van der Waals surface area contributed by atoms with Crippen LogP contribution >= 0.6 is 11.6 Å². The number of hydrogen-bond donors (Lipinski definition) is 1. The van der Waals surface area contributed by atoms with E-state index in [9.17, 15) is 4.79 Å². The van der Waals surface area contributed by atoms with Crippen LogP contribution in [0.2, 0.25) is 5.02 Å². The molecule has 5 heteroatoms. The first-order valence-electron chi connectivity index (χ1n) is 3.76. The number of aromatic nitrogens is 1. The van der Waals surface area contributed by atoms with E-state index in [4.69, 9.17) is 11.6 Å². The van der Waals surface area contributed by atoms with Gasteiger partial charge in [-0.3, -0.25) is 10.3 Å². The van der Waals surface area contributed by atoms with E-state index in [1.807, 2.05) is 0 Å². The summed E-state index contributed by atoms with van der Waals surface area (Å²) in [5, 5.41) is 2.94. The number of pyridine rings is 1. The fourth-order valence-electron chi connectivity index (χ4n) is 0.765. The molecule has 0 aliphatic rings. The first-order chi connectivity index (χ1) is 6.22. The summed E-state index contributed by atoms with van der Waals surface area (Å²) in [6, 6.07) is 1.59. The summed E-state index contributed by atoms with van der Waals surface area (Å²) in [6.07, 6.45) is 2.47. The minimum Gasteiger partial charge on any atom is -0.450 e. The highest BCUT2D eigenvalue weighted by Gasteiger charge is 2.01. The van der Waals surface area contributed by atoms with E-state index in [0.717, 1.165) is 0 Å². The molecule has 0 saturated heterocycles. The summed E-state index contributed by atoms with van der Waals surface area (Å²) in [7, 11) is 0. The number of nitrogens with zero attached hydrogens (tertiary/aromatic N) is 1. The fourth-order valence-corrected chi connectivity index (χ4v) is 0.939. The van der Waals surface area contributed by atoms with Crippen molar-refractivity contribution in [2.75, 3.05) is 11.9 Å². The number of nitrogens with one attached hydrogen (secondary N) is 1. The van der Waals surface area contributed by atoms with E-state index in [0.29, 0.717) is 17.3 Å². The lowest BCUT2D eigenvalue weighted by atomic mass is 10.4. The first-order valence-corrected chi connectivity index (χ1v) is 4.14. The molecule has 1 aromatic heterocycles. The molecule has 0 spiro atoms. The van der Waals surface area contributed by atoms with Gasteiger partial charge in [0, 0.05) is 6.20 Å². The number of amides is 1. The van der Waals surface area contributed by atoms with Gasteiger partial charge in [-0.15, -0.1) is 0 Å². The van der Waals surface area contributed by atoms with Gasteiger partial charge in [-0.2, -0.15) is 0 Å². The molecule has 0 saturated carbocycles. The van der Waals surface area contributed by atoms with E-state index in [2.05, 4.69) is 15.0 Å². The molecule has 1 N–H and O–H groups in total. The molecule has 0 aromatic carbocycles. The average Bonchev–Trinajstić information content (AvgIpc) is 2.04. The summed E-state index contributed by atoms with van der Waals surface area (Å²) in [5.41, 5.74) is 0.519. The van der Waals surface area contributed by atoms with Gasteiger partial charge in [0.15, 0.2) is 0 Å². The van der Waals surface area contributed by atoms with E-state index in [1.165, 1.54) is 12.4 Å². The quantitative estimate of drug-likeness (QED) is 0.797. The zero-order valence-corrected chi connectivity index (χ0v) is 7.84. The van der Waals surface area contributed by atoms with Crippen LogP contribution in [-0.4, -0.2) is 17.7 Å². The molecular formula is C8H9ClN2O2. The van der Waals surface area contributed by atoms with Gasteiger partial charge in [0.2, 0.25) is 0 Å². The van der Waals surface area contributed by atoms with Crippen LogP contribution in [0.25, 0.3) is 0 Å². The van der Waals surface area contributed by atoms with Gasteiger partial charge in [-0.05, 0) is 13.0 Å². The highest BCUT2D eigenvalue weighted by molar-refractivity contribution is 6.30. The number of halogens is 1. The molecule has 1 aromatic rings. The Labute approximate surface area is 80.9 Å². The number of hydrogen-bond acceptors (Lipinski definition) is 3. The second-order valence-corrected chi connectivity index (χ2v) is 2.67. The Kier molecular flexibility index (Phi) is 3.52. The second-order valence-electron chi connectivity index (χ2n) is 2.24. The van der Waals surface area contributed by atoms with Crippen molar-refractivity contribution < 1.29 is 9.53 Å². The molecule has 1 amide bonds. The maximum absolute atomic E-state index is 10.9. The van der Waals surface area contributed by atoms with Crippen molar-refractivity contribution in [1.29, 1.82) is 0 Å². The van der Waals surface area contributed by atoms with E-state index >= 15 is 0 Å². The molecule has 1 heterocycles. The van der Waals surface area contributed by atoms with Crippen LogP contribution in [0.5, 0.6) is 0 Å². The Hall–Kier alpha value is -1.29. The molecule has 0 fully saturated rings. The Bertz CT molecular complexity index is 304. The number of rotatable bonds is 2. The lowest BCUT2D eigenvalue weighted by molar-refractivity contribution is 0.168. The molecule has 4 nitrogen and oxygen atoms in total. The minimum absolute atomic E-state index is 0.333. The van der Waals surface area contributed by atoms with Crippen LogP contribution in [0.15, 0.2) is 18.5 Å². The van der Waals surface area contributed by atoms with Crippen molar-refractivity contribution in [2.24, 2.45) is 0 Å². The van der Waals surface area contributed by atoms with Gasteiger partial charge in [0.05, 0.1) is 23.5 Å². The predicted octanol–water partition coefficient (Wildman–Crippen LogP) is 2.30. The number of ether oxygens (including phenoxy) is 1. The fraction of sp³-hybridized carbons (Fsp3) is 0.250. The summed E-state index contributed by atoms with van der Waals surface area (Å²) >= 11 is 5.65. The molecule has 0 atom stereocenters. The molecule has 0 aliphatic carbocycles. The Morgan fingerprint density at radius 3 is 3.08 bits per heavy atom. The zero-order valence-electron chi connectivity index (χ0n) is 7.08. The third-order valence-electron chi connectivity index (χ3n) is 1.23. The molecule has 0 aliphatic heterocycles. The first kappa shape index (κ1) is 9.80. The highest BCUT2D eigenvalue weighted by atomic mass is 35.5. The van der Waals surface area contributed by atoms with E-state index in [1.54, 1.807) is 13.0 Å². The topological polar surface area (TPSA) is 51.2 Å². The lowest BCUT2D eigenvalue weighted by Gasteiger charge is -2.03. The summed E-state index contributed by atoms with van der Waals surface area (Å²) in [4.78, 5) is 14.7. The molecule has 0 unspecified atom stereocenters. The predicted molar refractivity (Wildman–Crippen MR) is 49.9 cm³/mol. The zero-order chi connectivity index (χ0) is 9.68. The Morgan fingerprint density at radius 1 is 1.69 bits per heavy atom. The SMILES string of the molecule is CCOC(=O)Nc1cncc(Cl)c1.